The molecular weight excluding hydrogens is 320 g/mol. The fourth-order valence-corrected chi connectivity index (χ4v) is 2.25. The minimum absolute atomic E-state index is 0.0536. The molecule has 2 aromatic carbocycles. The summed E-state index contributed by atoms with van der Waals surface area (Å²) >= 11 is 0. The summed E-state index contributed by atoms with van der Waals surface area (Å²) in [4.78, 5) is 22.7. The first-order valence-electron chi connectivity index (χ1n) is 8.09. The molecule has 2 rings (SSSR count). The Morgan fingerprint density at radius 3 is 2.40 bits per heavy atom. The number of benzene rings is 2. The molecule has 0 aromatic heterocycles. The lowest BCUT2D eigenvalue weighted by atomic mass is 10.1. The van der Waals surface area contributed by atoms with Gasteiger partial charge in [-0.1, -0.05) is 30.3 Å². The number of nitro groups is 1. The second kappa shape index (κ2) is 8.39. The minimum Gasteiger partial charge on any atom is -0.374 e. The van der Waals surface area contributed by atoms with E-state index in [-0.39, 0.29) is 23.3 Å². The van der Waals surface area contributed by atoms with E-state index in [1.165, 1.54) is 6.07 Å². The summed E-state index contributed by atoms with van der Waals surface area (Å²) in [7, 11) is 0. The van der Waals surface area contributed by atoms with Gasteiger partial charge in [-0.3, -0.25) is 14.9 Å². The molecule has 0 aliphatic heterocycles. The van der Waals surface area contributed by atoms with Crippen LogP contribution in [0, 0.1) is 17.0 Å². The number of nitro benzene ring substituents is 1. The van der Waals surface area contributed by atoms with Crippen LogP contribution in [0.3, 0.4) is 0 Å². The Labute approximate surface area is 147 Å². The summed E-state index contributed by atoms with van der Waals surface area (Å²) in [5.74, 6) is -0.338. The third-order valence-electron chi connectivity index (χ3n) is 3.73. The highest BCUT2D eigenvalue weighted by atomic mass is 16.6. The largest absolute Gasteiger partial charge is 0.374 e. The monoisotopic (exact) mass is 342 g/mol. The number of hydrogen-bond acceptors (Lipinski definition) is 4. The van der Waals surface area contributed by atoms with E-state index in [1.807, 2.05) is 38.1 Å². The molecule has 6 heteroatoms. The number of amides is 1. The van der Waals surface area contributed by atoms with E-state index in [2.05, 4.69) is 5.32 Å². The fourth-order valence-electron chi connectivity index (χ4n) is 2.25. The normalized spacial score (nSPS) is 10.7. The molecule has 1 amide bonds. The summed E-state index contributed by atoms with van der Waals surface area (Å²) in [5.41, 5.74) is 2.77. The van der Waals surface area contributed by atoms with Crippen LogP contribution < -0.4 is 5.32 Å². The maximum atomic E-state index is 12.2. The fraction of sp³-hybridized carbons (Fsp3) is 0.316. The lowest BCUT2D eigenvalue weighted by Gasteiger charge is -2.09. The Morgan fingerprint density at radius 2 is 1.80 bits per heavy atom. The highest BCUT2D eigenvalue weighted by Crippen LogP contribution is 2.19. The van der Waals surface area contributed by atoms with Crippen LogP contribution in [0.15, 0.2) is 42.5 Å². The van der Waals surface area contributed by atoms with Crippen molar-refractivity contribution in [3.8, 4) is 0 Å². The standard InChI is InChI=1S/C19H22N2O4/c1-13(2)25-12-16-7-5-15(6-8-16)11-20-19(22)17-9-4-14(3)18(10-17)21(23)24/h4-10,13H,11-12H2,1-3H3,(H,20,22). The number of aryl methyl sites for hydroxylation is 1. The van der Waals surface area contributed by atoms with Gasteiger partial charge in [0.1, 0.15) is 0 Å². The minimum atomic E-state index is -0.482. The third kappa shape index (κ3) is 5.39. The number of rotatable bonds is 7. The van der Waals surface area contributed by atoms with Crippen LogP contribution >= 0.6 is 0 Å². The second-order valence-electron chi connectivity index (χ2n) is 6.12. The van der Waals surface area contributed by atoms with Crippen LogP contribution in [0.1, 0.15) is 40.9 Å². The van der Waals surface area contributed by atoms with Crippen molar-refractivity contribution in [2.45, 2.75) is 40.0 Å². The number of carbonyl (C=O) groups excluding carboxylic acids is 1. The number of nitrogens with one attached hydrogen (secondary N) is 1. The molecule has 0 heterocycles. The number of ether oxygens (including phenoxy) is 1. The van der Waals surface area contributed by atoms with Gasteiger partial charge in [0.15, 0.2) is 0 Å². The van der Waals surface area contributed by atoms with Crippen molar-refractivity contribution in [1.82, 2.24) is 5.32 Å². The smallest absolute Gasteiger partial charge is 0.273 e. The van der Waals surface area contributed by atoms with Crippen molar-refractivity contribution >= 4 is 11.6 Å². The average Bonchev–Trinajstić information content (AvgIpc) is 2.58. The van der Waals surface area contributed by atoms with E-state index in [9.17, 15) is 14.9 Å². The molecule has 0 radical (unpaired) electrons. The van der Waals surface area contributed by atoms with Gasteiger partial charge < -0.3 is 10.1 Å². The SMILES string of the molecule is Cc1ccc(C(=O)NCc2ccc(COC(C)C)cc2)cc1[N+](=O)[O-]. The highest BCUT2D eigenvalue weighted by Gasteiger charge is 2.14. The van der Waals surface area contributed by atoms with Gasteiger partial charge in [0.2, 0.25) is 0 Å². The number of hydrogen-bond donors (Lipinski definition) is 1. The lowest BCUT2D eigenvalue weighted by molar-refractivity contribution is -0.385. The van der Waals surface area contributed by atoms with Crippen molar-refractivity contribution in [2.24, 2.45) is 0 Å². The van der Waals surface area contributed by atoms with Crippen LogP contribution in [0.25, 0.3) is 0 Å². The average molecular weight is 342 g/mol. The Kier molecular flexibility index (Phi) is 6.25. The number of nitrogens with zero attached hydrogens (tertiary/aromatic N) is 1. The van der Waals surface area contributed by atoms with Gasteiger partial charge in [-0.25, -0.2) is 0 Å². The molecule has 0 spiro atoms. The maximum absolute atomic E-state index is 12.2. The molecule has 0 atom stereocenters. The van der Waals surface area contributed by atoms with Gasteiger partial charge in [-0.15, -0.1) is 0 Å². The summed E-state index contributed by atoms with van der Waals surface area (Å²) < 4.78 is 5.54. The molecule has 0 bridgehead atoms. The van der Waals surface area contributed by atoms with Gasteiger partial charge in [0.25, 0.3) is 11.6 Å². The molecular formula is C19H22N2O4. The quantitative estimate of drug-likeness (QED) is 0.613. The van der Waals surface area contributed by atoms with E-state index in [1.54, 1.807) is 19.1 Å². The van der Waals surface area contributed by atoms with Crippen LogP contribution in [0.2, 0.25) is 0 Å². The van der Waals surface area contributed by atoms with Crippen molar-refractivity contribution in [1.29, 1.82) is 0 Å². The first-order chi connectivity index (χ1) is 11.9. The lowest BCUT2D eigenvalue weighted by Crippen LogP contribution is -2.22. The summed E-state index contributed by atoms with van der Waals surface area (Å²) in [5, 5.41) is 13.7. The van der Waals surface area contributed by atoms with E-state index in [0.717, 1.165) is 11.1 Å². The van der Waals surface area contributed by atoms with Crippen molar-refractivity contribution in [3.63, 3.8) is 0 Å². The number of carbonyl (C=O) groups is 1. The van der Waals surface area contributed by atoms with E-state index >= 15 is 0 Å². The highest BCUT2D eigenvalue weighted by molar-refractivity contribution is 5.94. The molecule has 0 unspecified atom stereocenters. The van der Waals surface area contributed by atoms with Gasteiger partial charge >= 0.3 is 0 Å². The molecule has 25 heavy (non-hydrogen) atoms. The van der Waals surface area contributed by atoms with Crippen LogP contribution in [-0.4, -0.2) is 16.9 Å². The molecule has 0 saturated carbocycles. The Hall–Kier alpha value is -2.73. The first-order valence-corrected chi connectivity index (χ1v) is 8.09. The van der Waals surface area contributed by atoms with Crippen molar-refractivity contribution in [3.05, 3.63) is 74.8 Å². The van der Waals surface area contributed by atoms with Crippen LogP contribution in [0.5, 0.6) is 0 Å². The van der Waals surface area contributed by atoms with E-state index in [0.29, 0.717) is 18.7 Å². The zero-order valence-corrected chi connectivity index (χ0v) is 14.6. The molecule has 1 N–H and O–H groups in total. The molecule has 0 fully saturated rings. The molecule has 0 aliphatic carbocycles. The Bertz CT molecular complexity index is 755. The van der Waals surface area contributed by atoms with Gasteiger partial charge in [-0.2, -0.15) is 0 Å². The molecule has 0 saturated heterocycles. The summed E-state index contributed by atoms with van der Waals surface area (Å²) in [6.07, 6.45) is 0.178. The van der Waals surface area contributed by atoms with Crippen LogP contribution in [0.4, 0.5) is 5.69 Å². The van der Waals surface area contributed by atoms with Gasteiger partial charge in [0, 0.05) is 23.7 Å². The van der Waals surface area contributed by atoms with E-state index in [4.69, 9.17) is 4.74 Å². The zero-order valence-electron chi connectivity index (χ0n) is 14.6. The van der Waals surface area contributed by atoms with Gasteiger partial charge in [0.05, 0.1) is 17.6 Å². The van der Waals surface area contributed by atoms with Crippen LogP contribution in [-0.2, 0) is 17.9 Å². The molecule has 6 nitrogen and oxygen atoms in total. The van der Waals surface area contributed by atoms with Crippen molar-refractivity contribution < 1.29 is 14.5 Å². The van der Waals surface area contributed by atoms with Gasteiger partial charge in [-0.05, 0) is 38.0 Å². The summed E-state index contributed by atoms with van der Waals surface area (Å²) in [6, 6.07) is 12.2. The maximum Gasteiger partial charge on any atom is 0.273 e. The third-order valence-corrected chi connectivity index (χ3v) is 3.73. The predicted molar refractivity (Wildman–Crippen MR) is 95.4 cm³/mol. The Balaban J connectivity index is 1.96. The first kappa shape index (κ1) is 18.6. The second-order valence-corrected chi connectivity index (χ2v) is 6.12. The van der Waals surface area contributed by atoms with E-state index < -0.39 is 4.92 Å². The van der Waals surface area contributed by atoms with Crippen molar-refractivity contribution in [2.75, 3.05) is 0 Å². The molecule has 0 aliphatic rings. The Morgan fingerprint density at radius 1 is 1.16 bits per heavy atom. The topological polar surface area (TPSA) is 81.5 Å². The molecule has 2 aromatic rings. The predicted octanol–water partition coefficient (Wildman–Crippen LogP) is 3.76. The molecule has 132 valence electrons. The summed E-state index contributed by atoms with van der Waals surface area (Å²) in [6.45, 7) is 6.52. The zero-order chi connectivity index (χ0) is 18.4.